The third-order valence-electron chi connectivity index (χ3n) is 2.64. The second kappa shape index (κ2) is 9.10. The summed E-state index contributed by atoms with van der Waals surface area (Å²) in [4.78, 5) is 12.0. The van der Waals surface area contributed by atoms with Gasteiger partial charge in [-0.05, 0) is 18.2 Å². The lowest BCUT2D eigenvalue weighted by Gasteiger charge is -2.15. The molecule has 1 amide bonds. The van der Waals surface area contributed by atoms with Gasteiger partial charge in [-0.2, -0.15) is 0 Å². The summed E-state index contributed by atoms with van der Waals surface area (Å²) in [6.45, 7) is 1.11. The van der Waals surface area contributed by atoms with E-state index in [0.717, 1.165) is 5.56 Å². The lowest BCUT2D eigenvalue weighted by molar-refractivity contribution is 0.0285. The van der Waals surface area contributed by atoms with Crippen molar-refractivity contribution in [3.8, 4) is 11.8 Å². The van der Waals surface area contributed by atoms with E-state index in [1.807, 2.05) is 6.07 Å². The van der Waals surface area contributed by atoms with Crippen LogP contribution in [0.25, 0.3) is 0 Å². The molecule has 1 atom stereocenters. The van der Waals surface area contributed by atoms with E-state index in [1.54, 1.807) is 32.4 Å². The number of carbonyl (C=O) groups is 1. The van der Waals surface area contributed by atoms with E-state index in [0.29, 0.717) is 25.3 Å². The first-order chi connectivity index (χ1) is 9.71. The minimum Gasteiger partial charge on any atom is -0.382 e. The van der Waals surface area contributed by atoms with Gasteiger partial charge in [0.05, 0.1) is 19.3 Å². The average molecular weight is 276 g/mol. The standard InChI is InChI=1S/C15H20N2O3/c1-19-11-14(20-2)10-17-15(18)13-7-3-5-12(9-13)6-4-8-16/h3,5,7,9,14H,8,10-11,16H2,1-2H3,(H,17,18). The van der Waals surface area contributed by atoms with Crippen LogP contribution in [-0.4, -0.2) is 45.9 Å². The lowest BCUT2D eigenvalue weighted by atomic mass is 10.1. The highest BCUT2D eigenvalue weighted by molar-refractivity contribution is 5.94. The van der Waals surface area contributed by atoms with Crippen molar-refractivity contribution < 1.29 is 14.3 Å². The molecule has 108 valence electrons. The fourth-order valence-corrected chi connectivity index (χ4v) is 1.60. The van der Waals surface area contributed by atoms with Gasteiger partial charge in [0.1, 0.15) is 0 Å². The molecule has 0 radical (unpaired) electrons. The van der Waals surface area contributed by atoms with Crippen molar-refractivity contribution >= 4 is 5.91 Å². The molecular weight excluding hydrogens is 256 g/mol. The number of benzene rings is 1. The van der Waals surface area contributed by atoms with Crippen LogP contribution in [0.1, 0.15) is 15.9 Å². The fourth-order valence-electron chi connectivity index (χ4n) is 1.60. The van der Waals surface area contributed by atoms with Crippen molar-refractivity contribution in [1.29, 1.82) is 0 Å². The maximum absolute atomic E-state index is 12.0. The quantitative estimate of drug-likeness (QED) is 0.737. The van der Waals surface area contributed by atoms with Gasteiger partial charge < -0.3 is 20.5 Å². The third kappa shape index (κ3) is 5.41. The Labute approximate surface area is 119 Å². The van der Waals surface area contributed by atoms with Gasteiger partial charge in [0.2, 0.25) is 0 Å². The minimum absolute atomic E-state index is 0.163. The number of nitrogens with one attached hydrogen (secondary N) is 1. The van der Waals surface area contributed by atoms with Crippen LogP contribution in [0.15, 0.2) is 24.3 Å². The van der Waals surface area contributed by atoms with Crippen LogP contribution in [0.4, 0.5) is 0 Å². The first-order valence-corrected chi connectivity index (χ1v) is 6.30. The molecule has 0 aliphatic rings. The Hall–Kier alpha value is -1.87. The molecule has 20 heavy (non-hydrogen) atoms. The smallest absolute Gasteiger partial charge is 0.251 e. The molecule has 0 saturated carbocycles. The summed E-state index contributed by atoms with van der Waals surface area (Å²) in [5, 5.41) is 2.80. The second-order valence-electron chi connectivity index (χ2n) is 4.11. The van der Waals surface area contributed by atoms with Gasteiger partial charge in [-0.3, -0.25) is 4.79 Å². The molecule has 1 rings (SSSR count). The van der Waals surface area contributed by atoms with Crippen molar-refractivity contribution in [1.82, 2.24) is 5.32 Å². The molecule has 0 aliphatic heterocycles. The van der Waals surface area contributed by atoms with Crippen molar-refractivity contribution in [2.45, 2.75) is 6.10 Å². The Morgan fingerprint density at radius 1 is 1.45 bits per heavy atom. The van der Waals surface area contributed by atoms with Crippen LogP contribution < -0.4 is 11.1 Å². The number of ether oxygens (including phenoxy) is 2. The first-order valence-electron chi connectivity index (χ1n) is 6.30. The Balaban J connectivity index is 2.63. The molecule has 0 bridgehead atoms. The molecule has 3 N–H and O–H groups in total. The summed E-state index contributed by atoms with van der Waals surface area (Å²) in [5.74, 6) is 5.49. The van der Waals surface area contributed by atoms with Gasteiger partial charge >= 0.3 is 0 Å². The topological polar surface area (TPSA) is 73.6 Å². The van der Waals surface area contributed by atoms with Crippen LogP contribution >= 0.6 is 0 Å². The maximum atomic E-state index is 12.0. The van der Waals surface area contributed by atoms with Gasteiger partial charge in [0, 0.05) is 31.9 Å². The van der Waals surface area contributed by atoms with E-state index >= 15 is 0 Å². The molecule has 0 fully saturated rings. The predicted molar refractivity (Wildman–Crippen MR) is 77.4 cm³/mol. The molecule has 0 aromatic heterocycles. The molecule has 0 aliphatic carbocycles. The van der Waals surface area contributed by atoms with E-state index < -0.39 is 0 Å². The zero-order chi connectivity index (χ0) is 14.8. The Morgan fingerprint density at radius 2 is 2.25 bits per heavy atom. The van der Waals surface area contributed by atoms with Crippen LogP contribution in [0.2, 0.25) is 0 Å². The molecule has 1 aromatic rings. The van der Waals surface area contributed by atoms with Gasteiger partial charge in [0.15, 0.2) is 0 Å². The fraction of sp³-hybridized carbons (Fsp3) is 0.400. The van der Waals surface area contributed by atoms with E-state index in [4.69, 9.17) is 15.2 Å². The molecule has 5 heteroatoms. The molecule has 1 aromatic carbocycles. The Kier molecular flexibility index (Phi) is 7.36. The van der Waals surface area contributed by atoms with Crippen LogP contribution in [0.5, 0.6) is 0 Å². The van der Waals surface area contributed by atoms with Gasteiger partial charge in [-0.15, -0.1) is 0 Å². The monoisotopic (exact) mass is 276 g/mol. The van der Waals surface area contributed by atoms with Crippen molar-refractivity contribution in [3.63, 3.8) is 0 Å². The summed E-state index contributed by atoms with van der Waals surface area (Å²) >= 11 is 0. The minimum atomic E-state index is -0.167. The third-order valence-corrected chi connectivity index (χ3v) is 2.64. The summed E-state index contributed by atoms with van der Waals surface area (Å²) in [7, 11) is 3.17. The highest BCUT2D eigenvalue weighted by Crippen LogP contribution is 2.04. The highest BCUT2D eigenvalue weighted by Gasteiger charge is 2.10. The lowest BCUT2D eigenvalue weighted by Crippen LogP contribution is -2.35. The first kappa shape index (κ1) is 16.2. The van der Waals surface area contributed by atoms with Crippen molar-refractivity contribution in [3.05, 3.63) is 35.4 Å². The van der Waals surface area contributed by atoms with Crippen LogP contribution in [-0.2, 0) is 9.47 Å². The molecule has 0 spiro atoms. The molecule has 0 heterocycles. The normalized spacial score (nSPS) is 11.3. The Morgan fingerprint density at radius 3 is 2.90 bits per heavy atom. The average Bonchev–Trinajstić information content (AvgIpc) is 2.49. The number of rotatable bonds is 6. The van der Waals surface area contributed by atoms with Crippen LogP contribution in [0.3, 0.4) is 0 Å². The summed E-state index contributed by atoms with van der Waals surface area (Å²) in [6, 6.07) is 7.10. The van der Waals surface area contributed by atoms with Gasteiger partial charge in [-0.1, -0.05) is 17.9 Å². The maximum Gasteiger partial charge on any atom is 0.251 e. The molecular formula is C15H20N2O3. The van der Waals surface area contributed by atoms with E-state index in [-0.39, 0.29) is 12.0 Å². The number of nitrogens with two attached hydrogens (primary N) is 1. The number of hydrogen-bond donors (Lipinski definition) is 2. The Bertz CT molecular complexity index is 491. The number of methoxy groups -OCH3 is 2. The van der Waals surface area contributed by atoms with E-state index in [9.17, 15) is 4.79 Å². The summed E-state index contributed by atoms with van der Waals surface area (Å²) in [6.07, 6.45) is -0.163. The molecule has 5 nitrogen and oxygen atoms in total. The highest BCUT2D eigenvalue weighted by atomic mass is 16.5. The number of amides is 1. The SMILES string of the molecule is COCC(CNC(=O)c1cccc(C#CCN)c1)OC. The second-order valence-corrected chi connectivity index (χ2v) is 4.11. The van der Waals surface area contributed by atoms with Crippen LogP contribution in [0, 0.1) is 11.8 Å². The van der Waals surface area contributed by atoms with Crippen molar-refractivity contribution in [2.24, 2.45) is 5.73 Å². The molecule has 1 unspecified atom stereocenters. The molecule has 0 saturated heterocycles. The summed E-state index contributed by atoms with van der Waals surface area (Å²) in [5.41, 5.74) is 6.64. The van der Waals surface area contributed by atoms with Gasteiger partial charge in [0.25, 0.3) is 5.91 Å². The van der Waals surface area contributed by atoms with Gasteiger partial charge in [-0.25, -0.2) is 0 Å². The predicted octanol–water partition coefficient (Wildman–Crippen LogP) is 0.388. The van der Waals surface area contributed by atoms with Crippen molar-refractivity contribution in [2.75, 3.05) is 33.9 Å². The zero-order valence-corrected chi connectivity index (χ0v) is 11.8. The zero-order valence-electron chi connectivity index (χ0n) is 11.8. The number of hydrogen-bond acceptors (Lipinski definition) is 4. The van der Waals surface area contributed by atoms with E-state index in [1.165, 1.54) is 0 Å². The number of carbonyl (C=O) groups excluding carboxylic acids is 1. The summed E-state index contributed by atoms with van der Waals surface area (Å²) < 4.78 is 10.2. The largest absolute Gasteiger partial charge is 0.382 e. The van der Waals surface area contributed by atoms with E-state index in [2.05, 4.69) is 17.2 Å².